The molecule has 0 aromatic heterocycles. The minimum absolute atomic E-state index is 0.203. The van der Waals surface area contributed by atoms with Gasteiger partial charge in [0, 0.05) is 18.8 Å². The lowest BCUT2D eigenvalue weighted by Crippen LogP contribution is -2.30. The van der Waals surface area contributed by atoms with E-state index in [0.29, 0.717) is 33.0 Å². The number of hydrogen-bond donors (Lipinski definition) is 2. The van der Waals surface area contributed by atoms with Crippen molar-refractivity contribution in [1.29, 1.82) is 0 Å². The largest absolute Gasteiger partial charge is 0.379 e. The van der Waals surface area contributed by atoms with Crippen LogP contribution in [0.3, 0.4) is 0 Å². The van der Waals surface area contributed by atoms with E-state index >= 15 is 0 Å². The first-order chi connectivity index (χ1) is 12.3. The number of benzene rings is 2. The maximum atomic E-state index is 12.0. The molecule has 0 aliphatic heterocycles. The van der Waals surface area contributed by atoms with Gasteiger partial charge in [-0.2, -0.15) is 0 Å². The van der Waals surface area contributed by atoms with Gasteiger partial charge in [-0.3, -0.25) is 0 Å². The molecule has 0 aliphatic carbocycles. The van der Waals surface area contributed by atoms with Crippen LogP contribution in [-0.4, -0.2) is 32.4 Å². The van der Waals surface area contributed by atoms with E-state index in [4.69, 9.17) is 9.47 Å². The van der Waals surface area contributed by atoms with Gasteiger partial charge in [-0.15, -0.1) is 0 Å². The highest BCUT2D eigenvalue weighted by Gasteiger charge is 2.02. The first-order valence-electron chi connectivity index (χ1n) is 8.61. The summed E-state index contributed by atoms with van der Waals surface area (Å²) in [5.74, 6) is 0. The number of carbonyl (C=O) groups excluding carboxylic acids is 1. The molecule has 134 valence electrons. The van der Waals surface area contributed by atoms with Crippen LogP contribution in [0.15, 0.2) is 54.6 Å². The normalized spacial score (nSPS) is 10.4. The van der Waals surface area contributed by atoms with Crippen LogP contribution in [0.2, 0.25) is 0 Å². The van der Waals surface area contributed by atoms with Crippen molar-refractivity contribution >= 4 is 11.7 Å². The fourth-order valence-corrected chi connectivity index (χ4v) is 2.33. The van der Waals surface area contributed by atoms with Gasteiger partial charge in [0.2, 0.25) is 0 Å². The zero-order chi connectivity index (χ0) is 17.7. The Balaban J connectivity index is 1.70. The Morgan fingerprint density at radius 2 is 1.72 bits per heavy atom. The van der Waals surface area contributed by atoms with Crippen LogP contribution < -0.4 is 10.6 Å². The number of urea groups is 1. The van der Waals surface area contributed by atoms with Crippen LogP contribution in [0.25, 0.3) is 0 Å². The highest BCUT2D eigenvalue weighted by atomic mass is 16.5. The summed E-state index contributed by atoms with van der Waals surface area (Å²) in [6, 6.07) is 17.5. The molecule has 0 bridgehead atoms. The van der Waals surface area contributed by atoms with Crippen LogP contribution in [0, 0.1) is 0 Å². The second-order valence-corrected chi connectivity index (χ2v) is 5.57. The average Bonchev–Trinajstić information content (AvgIpc) is 2.63. The van der Waals surface area contributed by atoms with Crippen LogP contribution in [0.1, 0.15) is 18.1 Å². The fourth-order valence-electron chi connectivity index (χ4n) is 2.33. The number of ether oxygens (including phenoxy) is 2. The summed E-state index contributed by atoms with van der Waals surface area (Å²) < 4.78 is 10.8. The Morgan fingerprint density at radius 1 is 0.960 bits per heavy atom. The number of amides is 2. The Labute approximate surface area is 149 Å². The van der Waals surface area contributed by atoms with Crippen molar-refractivity contribution < 1.29 is 14.3 Å². The molecule has 0 aliphatic rings. The maximum Gasteiger partial charge on any atom is 0.319 e. The van der Waals surface area contributed by atoms with E-state index in [2.05, 4.69) is 22.8 Å². The molecule has 0 unspecified atom stereocenters. The molecule has 2 aromatic rings. The van der Waals surface area contributed by atoms with E-state index in [1.807, 2.05) is 49.4 Å². The van der Waals surface area contributed by atoms with Crippen molar-refractivity contribution in [2.45, 2.75) is 20.0 Å². The highest BCUT2D eigenvalue weighted by molar-refractivity contribution is 5.89. The van der Waals surface area contributed by atoms with Gasteiger partial charge in [0.1, 0.15) is 0 Å². The van der Waals surface area contributed by atoms with Crippen molar-refractivity contribution in [3.8, 4) is 0 Å². The monoisotopic (exact) mass is 342 g/mol. The Hall–Kier alpha value is -2.37. The molecule has 0 spiro atoms. The number of nitrogens with one attached hydrogen (secondary N) is 2. The predicted octanol–water partition coefficient (Wildman–Crippen LogP) is 3.60. The Morgan fingerprint density at radius 3 is 2.52 bits per heavy atom. The van der Waals surface area contributed by atoms with Crippen molar-refractivity contribution in [1.82, 2.24) is 5.32 Å². The van der Waals surface area contributed by atoms with Gasteiger partial charge >= 0.3 is 6.03 Å². The summed E-state index contributed by atoms with van der Waals surface area (Å²) >= 11 is 0. The van der Waals surface area contributed by atoms with Crippen LogP contribution in [0.5, 0.6) is 0 Å². The van der Waals surface area contributed by atoms with Crippen LogP contribution in [-0.2, 0) is 22.5 Å². The lowest BCUT2D eigenvalue weighted by molar-refractivity contribution is 0.0453. The van der Waals surface area contributed by atoms with Gasteiger partial charge in [0.05, 0.1) is 19.8 Å². The number of anilines is 1. The summed E-state index contributed by atoms with van der Waals surface area (Å²) in [4.78, 5) is 12.0. The highest BCUT2D eigenvalue weighted by Crippen LogP contribution is 2.11. The van der Waals surface area contributed by atoms with E-state index in [1.165, 1.54) is 5.56 Å². The average molecular weight is 342 g/mol. The molecule has 2 rings (SSSR count). The second-order valence-electron chi connectivity index (χ2n) is 5.57. The van der Waals surface area contributed by atoms with Crippen molar-refractivity contribution in [2.75, 3.05) is 31.7 Å². The third-order valence-electron chi connectivity index (χ3n) is 3.57. The van der Waals surface area contributed by atoms with Gasteiger partial charge in [-0.1, -0.05) is 42.5 Å². The molecule has 0 saturated heterocycles. The summed E-state index contributed by atoms with van der Waals surface area (Å²) in [5.41, 5.74) is 2.97. The molecule has 2 N–H and O–H groups in total. The lowest BCUT2D eigenvalue weighted by atomic mass is 10.1. The molecule has 2 amide bonds. The molecule has 2 aromatic carbocycles. The zero-order valence-corrected chi connectivity index (χ0v) is 14.7. The number of carbonyl (C=O) groups is 1. The SMILES string of the molecule is CCOCCOCc1cccc(NC(=O)NCCc2ccccc2)c1. The number of hydrogen-bond acceptors (Lipinski definition) is 3. The summed E-state index contributed by atoms with van der Waals surface area (Å²) in [6.45, 7) is 4.90. The van der Waals surface area contributed by atoms with Gasteiger partial charge < -0.3 is 20.1 Å². The molecule has 0 saturated carbocycles. The molecule has 0 fully saturated rings. The smallest absolute Gasteiger partial charge is 0.319 e. The minimum Gasteiger partial charge on any atom is -0.379 e. The van der Waals surface area contributed by atoms with E-state index in [1.54, 1.807) is 0 Å². The summed E-state index contributed by atoms with van der Waals surface area (Å²) in [7, 11) is 0. The number of rotatable bonds is 10. The lowest BCUT2D eigenvalue weighted by Gasteiger charge is -2.10. The molecule has 5 nitrogen and oxygen atoms in total. The first kappa shape index (κ1) is 19.0. The van der Waals surface area contributed by atoms with Crippen molar-refractivity contribution in [2.24, 2.45) is 0 Å². The van der Waals surface area contributed by atoms with Gasteiger partial charge in [-0.25, -0.2) is 4.79 Å². The third-order valence-corrected chi connectivity index (χ3v) is 3.57. The Kier molecular flexibility index (Phi) is 8.52. The van der Waals surface area contributed by atoms with Crippen LogP contribution in [0.4, 0.5) is 10.5 Å². The van der Waals surface area contributed by atoms with Gasteiger partial charge in [-0.05, 0) is 36.6 Å². The summed E-state index contributed by atoms with van der Waals surface area (Å²) in [6.07, 6.45) is 0.808. The molecule has 25 heavy (non-hydrogen) atoms. The van der Waals surface area contributed by atoms with E-state index in [9.17, 15) is 4.79 Å². The molecule has 5 heteroatoms. The van der Waals surface area contributed by atoms with Crippen molar-refractivity contribution in [3.05, 3.63) is 65.7 Å². The fraction of sp³-hybridized carbons (Fsp3) is 0.350. The molecule has 0 heterocycles. The van der Waals surface area contributed by atoms with Gasteiger partial charge in [0.15, 0.2) is 0 Å². The van der Waals surface area contributed by atoms with E-state index in [-0.39, 0.29) is 6.03 Å². The standard InChI is InChI=1S/C20H26N2O3/c1-2-24-13-14-25-16-18-9-6-10-19(15-18)22-20(23)21-12-11-17-7-4-3-5-8-17/h3-10,15H,2,11-14,16H2,1H3,(H2,21,22,23). The Bertz CT molecular complexity index is 632. The van der Waals surface area contributed by atoms with Gasteiger partial charge in [0.25, 0.3) is 0 Å². The zero-order valence-electron chi connectivity index (χ0n) is 14.7. The first-order valence-corrected chi connectivity index (χ1v) is 8.61. The minimum atomic E-state index is -0.203. The topological polar surface area (TPSA) is 59.6 Å². The maximum absolute atomic E-state index is 12.0. The van der Waals surface area contributed by atoms with Crippen molar-refractivity contribution in [3.63, 3.8) is 0 Å². The molecular weight excluding hydrogens is 316 g/mol. The molecule has 0 atom stereocenters. The second kappa shape index (κ2) is 11.2. The quantitative estimate of drug-likeness (QED) is 0.649. The van der Waals surface area contributed by atoms with E-state index < -0.39 is 0 Å². The van der Waals surface area contributed by atoms with Crippen LogP contribution >= 0.6 is 0 Å². The molecular formula is C20H26N2O3. The predicted molar refractivity (Wildman–Crippen MR) is 99.8 cm³/mol. The molecule has 0 radical (unpaired) electrons. The third kappa shape index (κ3) is 7.83. The van der Waals surface area contributed by atoms with E-state index in [0.717, 1.165) is 17.7 Å². The summed E-state index contributed by atoms with van der Waals surface area (Å²) in [5, 5.41) is 5.72.